The van der Waals surface area contributed by atoms with Crippen LogP contribution in [0.4, 0.5) is 0 Å². The summed E-state index contributed by atoms with van der Waals surface area (Å²) >= 11 is 0. The van der Waals surface area contributed by atoms with E-state index in [1.54, 1.807) is 0 Å². The number of fused-ring (bicyclic) bond motifs is 13. The second kappa shape index (κ2) is 10.2. The molecule has 3 aliphatic rings. The van der Waals surface area contributed by atoms with Gasteiger partial charge < -0.3 is 4.74 Å². The van der Waals surface area contributed by atoms with Crippen molar-refractivity contribution in [1.82, 2.24) is 0 Å². The summed E-state index contributed by atoms with van der Waals surface area (Å²) in [7, 11) is 0. The second-order valence-electron chi connectivity index (χ2n) is 14.4. The molecule has 1 aliphatic heterocycles. The van der Waals surface area contributed by atoms with Crippen LogP contribution in [0.25, 0.3) is 77.2 Å². The van der Waals surface area contributed by atoms with E-state index >= 15 is 0 Å². The average molecular weight is 659 g/mol. The van der Waals surface area contributed by atoms with Crippen LogP contribution in [0.5, 0.6) is 11.5 Å². The van der Waals surface area contributed by atoms with Crippen LogP contribution >= 0.6 is 0 Å². The summed E-state index contributed by atoms with van der Waals surface area (Å²) in [5, 5.41) is 4.90. The molecule has 0 unspecified atom stereocenters. The number of hydrogen-bond donors (Lipinski definition) is 0. The Kier molecular flexibility index (Phi) is 5.49. The monoisotopic (exact) mass is 658 g/mol. The highest BCUT2D eigenvalue weighted by molar-refractivity contribution is 6.07. The topological polar surface area (TPSA) is 9.23 Å². The lowest BCUT2D eigenvalue weighted by atomic mass is 9.69. The first-order valence-electron chi connectivity index (χ1n) is 18.1. The molecule has 52 heavy (non-hydrogen) atoms. The van der Waals surface area contributed by atoms with Crippen molar-refractivity contribution in [3.8, 4) is 67.1 Å². The molecular weight excluding hydrogens is 629 g/mol. The van der Waals surface area contributed by atoms with Crippen LogP contribution in [0, 0.1) is 0 Å². The summed E-state index contributed by atoms with van der Waals surface area (Å²) in [6, 6.07) is 67.4. The van der Waals surface area contributed by atoms with E-state index in [2.05, 4.69) is 182 Å². The van der Waals surface area contributed by atoms with Crippen molar-refractivity contribution in [2.24, 2.45) is 0 Å². The van der Waals surface area contributed by atoms with E-state index in [-0.39, 0.29) is 0 Å². The zero-order valence-electron chi connectivity index (χ0n) is 28.2. The summed E-state index contributed by atoms with van der Waals surface area (Å²) in [6.45, 7) is 0. The third-order valence-corrected chi connectivity index (χ3v) is 11.8. The summed E-state index contributed by atoms with van der Waals surface area (Å²) in [5.74, 6) is 1.82. The normalized spacial score (nSPS) is 13.7. The first kappa shape index (κ1) is 28.0. The molecule has 1 nitrogen and oxygen atoms in total. The van der Waals surface area contributed by atoms with Gasteiger partial charge in [-0.3, -0.25) is 0 Å². The number of benzene rings is 9. The predicted octanol–water partition coefficient (Wildman–Crippen LogP) is 13.4. The van der Waals surface area contributed by atoms with Crippen molar-refractivity contribution in [2.45, 2.75) is 5.41 Å². The molecule has 0 saturated carbocycles. The zero-order chi connectivity index (χ0) is 34.0. The molecule has 240 valence electrons. The van der Waals surface area contributed by atoms with Crippen molar-refractivity contribution in [2.75, 3.05) is 0 Å². The maximum Gasteiger partial charge on any atom is 0.135 e. The van der Waals surface area contributed by atoms with Gasteiger partial charge in [-0.1, -0.05) is 140 Å². The molecule has 0 aromatic heterocycles. The Bertz CT molecular complexity index is 2940. The highest BCUT2D eigenvalue weighted by Gasteiger charge is 2.52. The Morgan fingerprint density at radius 3 is 1.73 bits per heavy atom. The first-order chi connectivity index (χ1) is 25.8. The lowest BCUT2D eigenvalue weighted by Gasteiger charge is -2.31. The predicted molar refractivity (Wildman–Crippen MR) is 214 cm³/mol. The molecule has 0 fully saturated rings. The molecule has 0 radical (unpaired) electrons. The van der Waals surface area contributed by atoms with Gasteiger partial charge in [0.1, 0.15) is 11.5 Å². The molecular formula is C51H30O. The lowest BCUT2D eigenvalue weighted by Crippen LogP contribution is -2.26. The van der Waals surface area contributed by atoms with Gasteiger partial charge in [0, 0.05) is 10.9 Å². The molecule has 1 heterocycles. The van der Waals surface area contributed by atoms with E-state index in [1.807, 2.05) is 0 Å². The van der Waals surface area contributed by atoms with Crippen LogP contribution in [0.3, 0.4) is 0 Å². The Labute approximate surface area is 302 Å². The van der Waals surface area contributed by atoms with E-state index in [1.165, 1.54) is 93.9 Å². The minimum Gasteiger partial charge on any atom is -0.456 e. The summed E-state index contributed by atoms with van der Waals surface area (Å²) < 4.78 is 6.54. The smallest absolute Gasteiger partial charge is 0.135 e. The van der Waals surface area contributed by atoms with Crippen LogP contribution in [0.1, 0.15) is 22.3 Å². The Balaban J connectivity index is 1.21. The fourth-order valence-corrected chi connectivity index (χ4v) is 9.70. The maximum absolute atomic E-state index is 6.54. The fraction of sp³-hybridized carbons (Fsp3) is 0.0196. The van der Waals surface area contributed by atoms with Gasteiger partial charge in [0.25, 0.3) is 0 Å². The molecule has 0 saturated heterocycles. The SMILES string of the molecule is c1ccc(-c2cc(-c3ccc4c(c3)-c3cccc5cccc(c35)O4)cc3c2-c2cc4ccccc4cc2C32c3ccccc3-c3ccccc32)cc1. The maximum atomic E-state index is 6.54. The van der Waals surface area contributed by atoms with E-state index in [9.17, 15) is 0 Å². The third kappa shape index (κ3) is 3.57. The van der Waals surface area contributed by atoms with Crippen LogP contribution < -0.4 is 4.74 Å². The molecule has 12 rings (SSSR count). The molecule has 0 bridgehead atoms. The molecule has 1 spiro atoms. The van der Waals surface area contributed by atoms with E-state index in [4.69, 9.17) is 4.74 Å². The molecule has 0 amide bonds. The van der Waals surface area contributed by atoms with E-state index in [0.717, 1.165) is 17.1 Å². The average Bonchev–Trinajstić information content (AvgIpc) is 3.67. The molecule has 0 atom stereocenters. The number of rotatable bonds is 2. The van der Waals surface area contributed by atoms with Gasteiger partial charge >= 0.3 is 0 Å². The third-order valence-electron chi connectivity index (χ3n) is 11.8. The highest BCUT2D eigenvalue weighted by atomic mass is 16.5. The molecule has 2 aliphatic carbocycles. The molecule has 9 aromatic carbocycles. The molecule has 0 N–H and O–H groups in total. The van der Waals surface area contributed by atoms with Gasteiger partial charge in [-0.25, -0.2) is 0 Å². The summed E-state index contributed by atoms with van der Waals surface area (Å²) in [4.78, 5) is 0. The number of hydrogen-bond acceptors (Lipinski definition) is 1. The van der Waals surface area contributed by atoms with Crippen LogP contribution in [0.2, 0.25) is 0 Å². The van der Waals surface area contributed by atoms with Gasteiger partial charge in [-0.2, -0.15) is 0 Å². The van der Waals surface area contributed by atoms with Gasteiger partial charge in [0.2, 0.25) is 0 Å². The van der Waals surface area contributed by atoms with Gasteiger partial charge in [-0.15, -0.1) is 0 Å². The summed E-state index contributed by atoms with van der Waals surface area (Å²) in [6.07, 6.45) is 0. The van der Waals surface area contributed by atoms with Crippen molar-refractivity contribution >= 4 is 21.5 Å². The van der Waals surface area contributed by atoms with Crippen molar-refractivity contribution in [3.05, 3.63) is 204 Å². The second-order valence-corrected chi connectivity index (χ2v) is 14.4. The van der Waals surface area contributed by atoms with Crippen LogP contribution in [-0.4, -0.2) is 0 Å². The van der Waals surface area contributed by atoms with Crippen molar-refractivity contribution in [1.29, 1.82) is 0 Å². The Morgan fingerprint density at radius 1 is 0.308 bits per heavy atom. The lowest BCUT2D eigenvalue weighted by molar-refractivity contribution is 0.487. The zero-order valence-corrected chi connectivity index (χ0v) is 28.2. The van der Waals surface area contributed by atoms with Gasteiger partial charge in [0.05, 0.1) is 5.41 Å². The van der Waals surface area contributed by atoms with Crippen molar-refractivity contribution < 1.29 is 4.74 Å². The Hall–Kier alpha value is -6.70. The first-order valence-corrected chi connectivity index (χ1v) is 18.1. The molecule has 9 aromatic rings. The van der Waals surface area contributed by atoms with Crippen LogP contribution in [0.15, 0.2) is 182 Å². The number of ether oxygens (including phenoxy) is 1. The molecule has 1 heteroatoms. The van der Waals surface area contributed by atoms with E-state index in [0.29, 0.717) is 0 Å². The Morgan fingerprint density at radius 2 is 0.942 bits per heavy atom. The standard InChI is InChI=1S/C51H30O/c1-2-12-31(13-3-1)40-28-36(35-24-25-47-41(26-35)39-20-10-16-32-17-11-23-48(52-47)49(32)39)30-46-50(40)42-27-33-14-4-5-15-34(33)29-45(42)51(46)43-21-8-6-18-37(43)38-19-7-9-22-44(38)51/h1-30H. The quantitative estimate of drug-likeness (QED) is 0.180. The largest absolute Gasteiger partial charge is 0.456 e. The minimum absolute atomic E-state index is 0.469. The van der Waals surface area contributed by atoms with Gasteiger partial charge in [-0.05, 0) is 131 Å². The summed E-state index contributed by atoms with van der Waals surface area (Å²) in [5.41, 5.74) is 17.4. The highest BCUT2D eigenvalue weighted by Crippen LogP contribution is 2.65. The van der Waals surface area contributed by atoms with E-state index < -0.39 is 5.41 Å². The van der Waals surface area contributed by atoms with Gasteiger partial charge in [0.15, 0.2) is 0 Å². The fourth-order valence-electron chi connectivity index (χ4n) is 9.70. The van der Waals surface area contributed by atoms with Crippen LogP contribution in [-0.2, 0) is 5.41 Å². The van der Waals surface area contributed by atoms with Crippen molar-refractivity contribution in [3.63, 3.8) is 0 Å². The minimum atomic E-state index is -0.469.